The summed E-state index contributed by atoms with van der Waals surface area (Å²) in [5.41, 5.74) is 1.09. The zero-order valence-electron chi connectivity index (χ0n) is 10.1. The van der Waals surface area contributed by atoms with Gasteiger partial charge in [-0.25, -0.2) is 0 Å². The molecule has 1 unspecified atom stereocenters. The van der Waals surface area contributed by atoms with Crippen molar-refractivity contribution in [1.82, 2.24) is 0 Å². The Bertz CT molecular complexity index is 635. The summed E-state index contributed by atoms with van der Waals surface area (Å²) >= 11 is 5.00. The zero-order chi connectivity index (χ0) is 13.1. The molecule has 0 aliphatic carbocycles. The van der Waals surface area contributed by atoms with E-state index in [9.17, 15) is 4.21 Å². The van der Waals surface area contributed by atoms with Gasteiger partial charge in [0, 0.05) is 10.7 Å². The standard InChI is InChI=1S/C14H13BrOS2/c1-17-14(18(2)16)8-10-3-4-12-9-13(15)6-5-11(12)7-10/h3-9H,1-2H3. The maximum Gasteiger partial charge on any atom is 0.0716 e. The summed E-state index contributed by atoms with van der Waals surface area (Å²) in [5, 5.41) is 2.39. The lowest BCUT2D eigenvalue weighted by Crippen LogP contribution is -1.86. The molecule has 2 aromatic rings. The molecule has 0 aliphatic rings. The van der Waals surface area contributed by atoms with Crippen LogP contribution in [0.2, 0.25) is 0 Å². The van der Waals surface area contributed by atoms with Crippen LogP contribution in [0.4, 0.5) is 0 Å². The largest absolute Gasteiger partial charge is 0.254 e. The van der Waals surface area contributed by atoms with Crippen LogP contribution in [0.15, 0.2) is 45.1 Å². The Morgan fingerprint density at radius 2 is 1.89 bits per heavy atom. The summed E-state index contributed by atoms with van der Waals surface area (Å²) in [5.74, 6) is 0. The predicted molar refractivity (Wildman–Crippen MR) is 87.2 cm³/mol. The van der Waals surface area contributed by atoms with Gasteiger partial charge in [0.2, 0.25) is 0 Å². The average Bonchev–Trinajstić information content (AvgIpc) is 2.35. The number of thioether (sulfide) groups is 1. The Balaban J connectivity index is 2.47. The summed E-state index contributed by atoms with van der Waals surface area (Å²) in [6.45, 7) is 0. The first-order valence-electron chi connectivity index (χ1n) is 5.38. The van der Waals surface area contributed by atoms with Crippen molar-refractivity contribution in [1.29, 1.82) is 0 Å². The van der Waals surface area contributed by atoms with Gasteiger partial charge in [-0.05, 0) is 46.9 Å². The molecule has 0 saturated carbocycles. The van der Waals surface area contributed by atoms with Crippen molar-refractivity contribution in [2.24, 2.45) is 0 Å². The number of fused-ring (bicyclic) bond motifs is 1. The summed E-state index contributed by atoms with van der Waals surface area (Å²) in [6, 6.07) is 12.5. The number of rotatable bonds is 3. The SMILES string of the molecule is CSC(=Cc1ccc2cc(Br)ccc2c1)S(C)=O. The second-order valence-corrected chi connectivity index (χ2v) is 7.24. The van der Waals surface area contributed by atoms with Crippen LogP contribution < -0.4 is 0 Å². The molecule has 0 amide bonds. The van der Waals surface area contributed by atoms with Gasteiger partial charge in [0.05, 0.1) is 15.0 Å². The Labute approximate surface area is 122 Å². The molecule has 4 heteroatoms. The maximum atomic E-state index is 11.5. The highest BCUT2D eigenvalue weighted by atomic mass is 79.9. The van der Waals surface area contributed by atoms with Crippen LogP contribution >= 0.6 is 27.7 Å². The molecule has 0 heterocycles. The van der Waals surface area contributed by atoms with Crippen molar-refractivity contribution < 1.29 is 4.21 Å². The zero-order valence-corrected chi connectivity index (χ0v) is 13.4. The summed E-state index contributed by atoms with van der Waals surface area (Å²) < 4.78 is 13.5. The summed E-state index contributed by atoms with van der Waals surface area (Å²) in [7, 11) is -0.925. The molecular weight excluding hydrogens is 328 g/mol. The van der Waals surface area contributed by atoms with E-state index in [1.165, 1.54) is 22.5 Å². The highest BCUT2D eigenvalue weighted by Gasteiger charge is 2.01. The molecule has 0 fully saturated rings. The highest BCUT2D eigenvalue weighted by Crippen LogP contribution is 2.24. The fourth-order valence-corrected chi connectivity index (χ4v) is 3.59. The maximum absolute atomic E-state index is 11.5. The van der Waals surface area contributed by atoms with Crippen LogP contribution in [0.3, 0.4) is 0 Å². The van der Waals surface area contributed by atoms with Crippen molar-refractivity contribution in [2.75, 3.05) is 12.5 Å². The molecule has 1 atom stereocenters. The van der Waals surface area contributed by atoms with Crippen LogP contribution in [0.1, 0.15) is 5.56 Å². The first-order chi connectivity index (χ1) is 8.60. The van der Waals surface area contributed by atoms with E-state index in [2.05, 4.69) is 46.3 Å². The minimum Gasteiger partial charge on any atom is -0.254 e. The van der Waals surface area contributed by atoms with Gasteiger partial charge in [0.15, 0.2) is 0 Å². The van der Waals surface area contributed by atoms with E-state index in [0.717, 1.165) is 14.3 Å². The van der Waals surface area contributed by atoms with Crippen LogP contribution in [-0.2, 0) is 10.8 Å². The van der Waals surface area contributed by atoms with Crippen molar-refractivity contribution in [3.8, 4) is 0 Å². The monoisotopic (exact) mass is 340 g/mol. The van der Waals surface area contributed by atoms with Crippen molar-refractivity contribution in [3.63, 3.8) is 0 Å². The lowest BCUT2D eigenvalue weighted by Gasteiger charge is -2.03. The first kappa shape index (κ1) is 13.8. The number of benzene rings is 2. The third-order valence-electron chi connectivity index (χ3n) is 2.60. The number of hydrogen-bond acceptors (Lipinski definition) is 2. The molecular formula is C14H13BrOS2. The van der Waals surface area contributed by atoms with Gasteiger partial charge in [0.25, 0.3) is 0 Å². The van der Waals surface area contributed by atoms with E-state index in [4.69, 9.17) is 0 Å². The smallest absolute Gasteiger partial charge is 0.0716 e. The minimum absolute atomic E-state index is 0.895. The van der Waals surface area contributed by atoms with Gasteiger partial charge in [-0.2, -0.15) is 0 Å². The van der Waals surface area contributed by atoms with Gasteiger partial charge in [0.1, 0.15) is 0 Å². The predicted octanol–water partition coefficient (Wildman–Crippen LogP) is 4.64. The second kappa shape index (κ2) is 6.04. The summed E-state index contributed by atoms with van der Waals surface area (Å²) in [6.07, 6.45) is 5.65. The third-order valence-corrected chi connectivity index (χ3v) is 5.50. The summed E-state index contributed by atoms with van der Waals surface area (Å²) in [4.78, 5) is 0. The van der Waals surface area contributed by atoms with Gasteiger partial charge >= 0.3 is 0 Å². The second-order valence-electron chi connectivity index (χ2n) is 3.87. The van der Waals surface area contributed by atoms with Crippen LogP contribution in [0.25, 0.3) is 16.8 Å². The molecule has 0 spiro atoms. The molecule has 0 saturated heterocycles. The van der Waals surface area contributed by atoms with Crippen LogP contribution in [0, 0.1) is 0 Å². The Kier molecular flexibility index (Phi) is 4.65. The van der Waals surface area contributed by atoms with E-state index < -0.39 is 10.8 Å². The molecule has 2 aromatic carbocycles. The van der Waals surface area contributed by atoms with Gasteiger partial charge in [-0.1, -0.05) is 34.1 Å². The van der Waals surface area contributed by atoms with E-state index in [1.54, 1.807) is 6.26 Å². The van der Waals surface area contributed by atoms with Crippen molar-refractivity contribution >= 4 is 55.3 Å². The van der Waals surface area contributed by atoms with Crippen molar-refractivity contribution in [3.05, 3.63) is 50.7 Å². The molecule has 0 radical (unpaired) electrons. The van der Waals surface area contributed by atoms with Gasteiger partial charge in [-0.15, -0.1) is 11.8 Å². The molecule has 2 rings (SSSR count). The molecule has 18 heavy (non-hydrogen) atoms. The fourth-order valence-electron chi connectivity index (χ4n) is 1.72. The Hall–Kier alpha value is -0.580. The van der Waals surface area contributed by atoms with Crippen molar-refractivity contribution in [2.45, 2.75) is 0 Å². The Morgan fingerprint density at radius 1 is 1.22 bits per heavy atom. The van der Waals surface area contributed by atoms with E-state index in [-0.39, 0.29) is 0 Å². The van der Waals surface area contributed by atoms with E-state index in [0.29, 0.717) is 0 Å². The topological polar surface area (TPSA) is 17.1 Å². The third kappa shape index (κ3) is 3.25. The van der Waals surface area contributed by atoms with Gasteiger partial charge < -0.3 is 0 Å². The molecule has 0 bridgehead atoms. The normalized spacial score (nSPS) is 13.8. The molecule has 1 nitrogen and oxygen atoms in total. The first-order valence-corrected chi connectivity index (χ1v) is 8.96. The molecule has 94 valence electrons. The average molecular weight is 341 g/mol. The molecule has 0 N–H and O–H groups in total. The van der Waals surface area contributed by atoms with Gasteiger partial charge in [-0.3, -0.25) is 4.21 Å². The van der Waals surface area contributed by atoms with E-state index >= 15 is 0 Å². The van der Waals surface area contributed by atoms with Crippen LogP contribution in [0.5, 0.6) is 0 Å². The minimum atomic E-state index is -0.925. The molecule has 0 aliphatic heterocycles. The lowest BCUT2D eigenvalue weighted by atomic mass is 10.1. The molecule has 0 aromatic heterocycles. The highest BCUT2D eigenvalue weighted by molar-refractivity contribution is 9.10. The number of halogens is 1. The van der Waals surface area contributed by atoms with E-state index in [1.807, 2.05) is 18.4 Å². The fraction of sp³-hybridized carbons (Fsp3) is 0.143. The quantitative estimate of drug-likeness (QED) is 0.809. The van der Waals surface area contributed by atoms with Crippen LogP contribution in [-0.4, -0.2) is 16.7 Å². The number of hydrogen-bond donors (Lipinski definition) is 0. The Morgan fingerprint density at radius 3 is 2.56 bits per heavy atom. The lowest BCUT2D eigenvalue weighted by molar-refractivity contribution is 0.691.